The Morgan fingerprint density at radius 1 is 1.09 bits per heavy atom. The molecule has 1 unspecified atom stereocenters. The Balaban J connectivity index is 2.10. The van der Waals surface area contributed by atoms with Crippen molar-refractivity contribution in [3.05, 3.63) is 65.6 Å². The molecule has 112 valence electrons. The van der Waals surface area contributed by atoms with Crippen LogP contribution in [0.15, 0.2) is 48.5 Å². The summed E-state index contributed by atoms with van der Waals surface area (Å²) < 4.78 is 5.16. The van der Waals surface area contributed by atoms with Gasteiger partial charge in [0, 0.05) is 5.39 Å². The molecule has 22 heavy (non-hydrogen) atoms. The van der Waals surface area contributed by atoms with Gasteiger partial charge in [-0.3, -0.25) is 0 Å². The van der Waals surface area contributed by atoms with E-state index in [9.17, 15) is 5.11 Å². The number of benzene rings is 2. The zero-order valence-corrected chi connectivity index (χ0v) is 12.2. The lowest BCUT2D eigenvalue weighted by Gasteiger charge is -2.15. The van der Waals surface area contributed by atoms with Gasteiger partial charge in [-0.25, -0.2) is 9.97 Å². The Labute approximate surface area is 128 Å². The largest absolute Gasteiger partial charge is 0.497 e. The molecule has 5 heteroatoms. The van der Waals surface area contributed by atoms with Crippen molar-refractivity contribution < 1.29 is 9.84 Å². The maximum atomic E-state index is 9.36. The summed E-state index contributed by atoms with van der Waals surface area (Å²) in [5, 5.41) is 10.3. The van der Waals surface area contributed by atoms with Crippen LogP contribution in [-0.2, 0) is 6.61 Å². The van der Waals surface area contributed by atoms with E-state index in [1.54, 1.807) is 7.11 Å². The number of aromatic nitrogens is 2. The van der Waals surface area contributed by atoms with Gasteiger partial charge in [0.15, 0.2) is 5.82 Å². The van der Waals surface area contributed by atoms with Crippen LogP contribution in [0.4, 0.5) is 0 Å². The second kappa shape index (κ2) is 6.09. The summed E-state index contributed by atoms with van der Waals surface area (Å²) in [5.74, 6) is 1.15. The van der Waals surface area contributed by atoms with E-state index in [0.29, 0.717) is 11.5 Å². The van der Waals surface area contributed by atoms with E-state index in [1.807, 2.05) is 48.5 Å². The number of hydrogen-bond acceptors (Lipinski definition) is 5. The topological polar surface area (TPSA) is 81.3 Å². The number of methoxy groups -OCH3 is 1. The lowest BCUT2D eigenvalue weighted by atomic mass is 10.0. The first-order chi connectivity index (χ1) is 10.7. The van der Waals surface area contributed by atoms with Crippen LogP contribution >= 0.6 is 0 Å². The molecule has 0 saturated carbocycles. The van der Waals surface area contributed by atoms with Gasteiger partial charge in [0.2, 0.25) is 0 Å². The van der Waals surface area contributed by atoms with E-state index in [4.69, 9.17) is 10.5 Å². The monoisotopic (exact) mass is 295 g/mol. The summed E-state index contributed by atoms with van der Waals surface area (Å²) in [6, 6.07) is 14.8. The molecule has 3 rings (SSSR count). The molecular formula is C17H17N3O2. The molecule has 5 nitrogen and oxygen atoms in total. The Hall–Kier alpha value is -2.50. The highest BCUT2D eigenvalue weighted by atomic mass is 16.5. The number of ether oxygens (including phenoxy) is 1. The van der Waals surface area contributed by atoms with E-state index in [1.165, 1.54) is 0 Å². The summed E-state index contributed by atoms with van der Waals surface area (Å²) in [4.78, 5) is 8.74. The van der Waals surface area contributed by atoms with Crippen LogP contribution in [-0.4, -0.2) is 22.2 Å². The predicted molar refractivity (Wildman–Crippen MR) is 84.5 cm³/mol. The van der Waals surface area contributed by atoms with Gasteiger partial charge in [-0.15, -0.1) is 0 Å². The first-order valence-electron chi connectivity index (χ1n) is 6.99. The fourth-order valence-electron chi connectivity index (χ4n) is 2.43. The quantitative estimate of drug-likeness (QED) is 0.771. The number of hydrogen-bond donors (Lipinski definition) is 2. The van der Waals surface area contributed by atoms with Crippen molar-refractivity contribution in [2.75, 3.05) is 7.11 Å². The van der Waals surface area contributed by atoms with E-state index >= 15 is 0 Å². The van der Waals surface area contributed by atoms with Crippen molar-refractivity contribution in [1.29, 1.82) is 0 Å². The Bertz CT molecular complexity index is 788. The van der Waals surface area contributed by atoms with Crippen LogP contribution < -0.4 is 10.5 Å². The number of fused-ring (bicyclic) bond motifs is 1. The summed E-state index contributed by atoms with van der Waals surface area (Å²) in [7, 11) is 1.63. The fourth-order valence-corrected chi connectivity index (χ4v) is 2.43. The van der Waals surface area contributed by atoms with Gasteiger partial charge in [-0.05, 0) is 23.8 Å². The lowest BCUT2D eigenvalue weighted by Crippen LogP contribution is -2.16. The van der Waals surface area contributed by atoms with Crippen molar-refractivity contribution in [2.24, 2.45) is 5.73 Å². The Morgan fingerprint density at radius 2 is 1.82 bits per heavy atom. The maximum Gasteiger partial charge on any atom is 0.154 e. The average Bonchev–Trinajstić information content (AvgIpc) is 2.60. The molecule has 0 spiro atoms. The van der Waals surface area contributed by atoms with E-state index in [-0.39, 0.29) is 6.61 Å². The molecule has 1 atom stereocenters. The van der Waals surface area contributed by atoms with Crippen LogP contribution in [0.1, 0.15) is 23.1 Å². The van der Waals surface area contributed by atoms with Gasteiger partial charge in [0.25, 0.3) is 0 Å². The van der Waals surface area contributed by atoms with Crippen molar-refractivity contribution in [3.8, 4) is 5.75 Å². The predicted octanol–water partition coefficient (Wildman–Crippen LogP) is 2.18. The van der Waals surface area contributed by atoms with Crippen molar-refractivity contribution in [2.45, 2.75) is 12.6 Å². The van der Waals surface area contributed by atoms with Crippen LogP contribution in [0.2, 0.25) is 0 Å². The minimum Gasteiger partial charge on any atom is -0.497 e. The Morgan fingerprint density at radius 3 is 2.50 bits per heavy atom. The third-order valence-electron chi connectivity index (χ3n) is 3.59. The number of rotatable bonds is 4. The highest BCUT2D eigenvalue weighted by Gasteiger charge is 2.16. The second-order valence-corrected chi connectivity index (χ2v) is 4.95. The molecule has 0 saturated heterocycles. The summed E-state index contributed by atoms with van der Waals surface area (Å²) >= 11 is 0. The highest BCUT2D eigenvalue weighted by molar-refractivity contribution is 5.81. The van der Waals surface area contributed by atoms with Gasteiger partial charge in [0.1, 0.15) is 12.4 Å². The van der Waals surface area contributed by atoms with Crippen LogP contribution in [0.3, 0.4) is 0 Å². The molecule has 0 radical (unpaired) electrons. The third-order valence-corrected chi connectivity index (χ3v) is 3.59. The van der Waals surface area contributed by atoms with E-state index in [0.717, 1.165) is 22.2 Å². The molecule has 1 heterocycles. The maximum absolute atomic E-state index is 9.36. The van der Waals surface area contributed by atoms with Gasteiger partial charge >= 0.3 is 0 Å². The summed E-state index contributed by atoms with van der Waals surface area (Å²) in [6.45, 7) is -0.215. The van der Waals surface area contributed by atoms with Crippen molar-refractivity contribution in [3.63, 3.8) is 0 Å². The zero-order chi connectivity index (χ0) is 15.5. The van der Waals surface area contributed by atoms with Crippen LogP contribution in [0.5, 0.6) is 5.75 Å². The normalized spacial score (nSPS) is 12.3. The van der Waals surface area contributed by atoms with Crippen molar-refractivity contribution in [1.82, 2.24) is 9.97 Å². The first-order valence-corrected chi connectivity index (χ1v) is 6.99. The molecular weight excluding hydrogens is 278 g/mol. The minimum atomic E-state index is -0.399. The first kappa shape index (κ1) is 14.4. The molecule has 3 aromatic rings. The van der Waals surface area contributed by atoms with Gasteiger partial charge in [0.05, 0.1) is 24.4 Å². The van der Waals surface area contributed by atoms with E-state index < -0.39 is 6.04 Å². The molecule has 0 aliphatic carbocycles. The lowest BCUT2D eigenvalue weighted by molar-refractivity contribution is 0.271. The number of para-hydroxylation sites is 1. The Kier molecular flexibility index (Phi) is 4.00. The second-order valence-electron chi connectivity index (χ2n) is 4.95. The molecule has 0 aliphatic rings. The zero-order valence-electron chi connectivity index (χ0n) is 12.2. The SMILES string of the molecule is COc1ccc(C(N)c2nc(CO)nc3ccccc23)cc1. The van der Waals surface area contributed by atoms with Crippen LogP contribution in [0.25, 0.3) is 10.9 Å². The van der Waals surface area contributed by atoms with E-state index in [2.05, 4.69) is 9.97 Å². The smallest absolute Gasteiger partial charge is 0.154 e. The fraction of sp³-hybridized carbons (Fsp3) is 0.176. The van der Waals surface area contributed by atoms with Gasteiger partial charge < -0.3 is 15.6 Å². The molecule has 3 N–H and O–H groups in total. The van der Waals surface area contributed by atoms with Gasteiger partial charge in [-0.2, -0.15) is 0 Å². The number of aliphatic hydroxyl groups excluding tert-OH is 1. The third kappa shape index (κ3) is 2.64. The standard InChI is InChI=1S/C17H17N3O2/c1-22-12-8-6-11(7-9-12)16(18)17-13-4-2-3-5-14(13)19-15(10-21)20-17/h2-9,16,21H,10,18H2,1H3. The molecule has 0 bridgehead atoms. The molecule has 0 fully saturated rings. The van der Waals surface area contributed by atoms with Crippen LogP contribution in [0, 0.1) is 0 Å². The number of aliphatic hydroxyl groups is 1. The highest BCUT2D eigenvalue weighted by Crippen LogP contribution is 2.26. The van der Waals surface area contributed by atoms with Crippen molar-refractivity contribution >= 4 is 10.9 Å². The molecule has 0 amide bonds. The molecule has 1 aromatic heterocycles. The molecule has 2 aromatic carbocycles. The number of nitrogens with two attached hydrogens (primary N) is 1. The summed E-state index contributed by atoms with van der Waals surface area (Å²) in [6.07, 6.45) is 0. The number of nitrogens with zero attached hydrogens (tertiary/aromatic N) is 2. The molecule has 0 aliphatic heterocycles. The van der Waals surface area contributed by atoms with Gasteiger partial charge in [-0.1, -0.05) is 30.3 Å². The minimum absolute atomic E-state index is 0.215. The summed E-state index contributed by atoms with van der Waals surface area (Å²) in [5.41, 5.74) is 8.80. The average molecular weight is 295 g/mol.